The van der Waals surface area contributed by atoms with Crippen molar-refractivity contribution >= 4 is 11.8 Å². The van der Waals surface area contributed by atoms with Crippen LogP contribution in [0.3, 0.4) is 0 Å². The molecule has 180 valence electrons. The van der Waals surface area contributed by atoms with Crippen LogP contribution in [0, 0.1) is 5.92 Å². The summed E-state index contributed by atoms with van der Waals surface area (Å²) in [6.45, 7) is 0.990. The topological polar surface area (TPSA) is 89.6 Å². The van der Waals surface area contributed by atoms with Gasteiger partial charge in [-0.3, -0.25) is 9.59 Å². The van der Waals surface area contributed by atoms with E-state index in [1.807, 2.05) is 0 Å². The van der Waals surface area contributed by atoms with Crippen molar-refractivity contribution in [1.82, 2.24) is 20.0 Å². The van der Waals surface area contributed by atoms with Crippen molar-refractivity contribution in [2.45, 2.75) is 25.6 Å². The monoisotopic (exact) mass is 476 g/mol. The predicted molar refractivity (Wildman–Crippen MR) is 114 cm³/mol. The van der Waals surface area contributed by atoms with E-state index >= 15 is 0 Å². The minimum atomic E-state index is -4.50. The van der Waals surface area contributed by atoms with Crippen molar-refractivity contribution in [2.24, 2.45) is 5.92 Å². The molecule has 8 nitrogen and oxygen atoms in total. The molecular formula is C23H23F3N4O4. The minimum Gasteiger partial charge on any atom is -0.493 e. The van der Waals surface area contributed by atoms with E-state index in [9.17, 15) is 22.8 Å². The van der Waals surface area contributed by atoms with Gasteiger partial charge in [0.15, 0.2) is 11.4 Å². The fraction of sp³-hybridized carbons (Fsp3) is 0.348. The number of furan rings is 1. The lowest BCUT2D eigenvalue weighted by Crippen LogP contribution is -2.43. The van der Waals surface area contributed by atoms with Crippen molar-refractivity contribution in [3.05, 3.63) is 65.9 Å². The first-order valence-electron chi connectivity index (χ1n) is 10.7. The summed E-state index contributed by atoms with van der Waals surface area (Å²) >= 11 is 0. The van der Waals surface area contributed by atoms with Gasteiger partial charge < -0.3 is 19.4 Å². The lowest BCUT2D eigenvalue weighted by Gasteiger charge is -2.31. The molecule has 0 aliphatic carbocycles. The first-order valence-corrected chi connectivity index (χ1v) is 10.7. The molecule has 1 N–H and O–H groups in total. The number of hydrogen-bond acceptors (Lipinski definition) is 5. The molecule has 0 bridgehead atoms. The summed E-state index contributed by atoms with van der Waals surface area (Å²) in [5.74, 6) is 0.0700. The highest BCUT2D eigenvalue weighted by Gasteiger charge is 2.32. The fourth-order valence-electron chi connectivity index (χ4n) is 3.84. The van der Waals surface area contributed by atoms with Gasteiger partial charge in [0.05, 0.1) is 37.4 Å². The van der Waals surface area contributed by atoms with E-state index in [0.29, 0.717) is 38.2 Å². The van der Waals surface area contributed by atoms with Gasteiger partial charge in [0.2, 0.25) is 5.91 Å². The summed E-state index contributed by atoms with van der Waals surface area (Å²) in [5.41, 5.74) is -0.667. The number of piperidine rings is 1. The van der Waals surface area contributed by atoms with Crippen LogP contribution in [-0.4, -0.2) is 46.7 Å². The second kappa shape index (κ2) is 9.62. The summed E-state index contributed by atoms with van der Waals surface area (Å²) in [4.78, 5) is 27.1. The molecule has 1 aromatic carbocycles. The third-order valence-corrected chi connectivity index (χ3v) is 5.71. The molecule has 4 rings (SSSR count). The van der Waals surface area contributed by atoms with Gasteiger partial charge in [-0.05, 0) is 43.2 Å². The van der Waals surface area contributed by atoms with Crippen LogP contribution in [0.25, 0.3) is 5.69 Å². The lowest BCUT2D eigenvalue weighted by molar-refractivity contribution is -0.137. The fourth-order valence-corrected chi connectivity index (χ4v) is 3.84. The minimum absolute atomic E-state index is 0.000586. The van der Waals surface area contributed by atoms with Crippen LogP contribution in [0.2, 0.25) is 0 Å². The Hall–Kier alpha value is -3.76. The Morgan fingerprint density at radius 1 is 1.21 bits per heavy atom. The molecule has 0 radical (unpaired) electrons. The molecule has 0 unspecified atom stereocenters. The van der Waals surface area contributed by atoms with Gasteiger partial charge in [0, 0.05) is 19.0 Å². The number of carbonyl (C=O) groups excluding carboxylic acids is 2. The van der Waals surface area contributed by atoms with Crippen molar-refractivity contribution < 1.29 is 31.9 Å². The first kappa shape index (κ1) is 23.4. The SMILES string of the molecule is COc1cn(-c2cccc(C(F)(F)F)c2)nc1C(=O)N1CCC(C(=O)NCc2ccco2)CC1. The number of alkyl halides is 3. The van der Waals surface area contributed by atoms with Gasteiger partial charge in [-0.1, -0.05) is 6.07 Å². The number of likely N-dealkylation sites (tertiary alicyclic amines) is 1. The summed E-state index contributed by atoms with van der Waals surface area (Å²) in [5, 5.41) is 7.04. The number of ether oxygens (including phenoxy) is 1. The third kappa shape index (κ3) is 5.08. The number of nitrogens with zero attached hydrogens (tertiary/aromatic N) is 3. The number of nitrogens with one attached hydrogen (secondary N) is 1. The van der Waals surface area contributed by atoms with Gasteiger partial charge in [0.1, 0.15) is 5.76 Å². The Morgan fingerprint density at radius 3 is 2.62 bits per heavy atom. The molecule has 1 saturated heterocycles. The molecule has 0 spiro atoms. The zero-order valence-corrected chi connectivity index (χ0v) is 18.3. The standard InChI is InChI=1S/C23H23F3N4O4/c1-33-19-14-30(17-5-2-4-16(12-17)23(24,25)26)28-20(19)22(32)29-9-7-15(8-10-29)21(31)27-13-18-6-3-11-34-18/h2-6,11-12,14-15H,7-10,13H2,1H3,(H,27,31). The molecular weight excluding hydrogens is 453 g/mol. The van der Waals surface area contributed by atoms with Crippen molar-refractivity contribution in [3.63, 3.8) is 0 Å². The number of amides is 2. The summed E-state index contributed by atoms with van der Waals surface area (Å²) in [6.07, 6.45) is -0.634. The highest BCUT2D eigenvalue weighted by Crippen LogP contribution is 2.31. The molecule has 1 aliphatic rings. The Morgan fingerprint density at radius 2 is 1.97 bits per heavy atom. The first-order chi connectivity index (χ1) is 16.3. The number of carbonyl (C=O) groups is 2. The van der Waals surface area contributed by atoms with Crippen LogP contribution in [-0.2, 0) is 17.5 Å². The number of aromatic nitrogens is 2. The van der Waals surface area contributed by atoms with E-state index in [4.69, 9.17) is 9.15 Å². The normalized spacial score (nSPS) is 14.8. The largest absolute Gasteiger partial charge is 0.493 e. The second-order valence-electron chi connectivity index (χ2n) is 7.90. The average Bonchev–Trinajstić information content (AvgIpc) is 3.52. The van der Waals surface area contributed by atoms with Gasteiger partial charge in [-0.2, -0.15) is 18.3 Å². The van der Waals surface area contributed by atoms with Crippen LogP contribution >= 0.6 is 0 Å². The van der Waals surface area contributed by atoms with Gasteiger partial charge >= 0.3 is 6.18 Å². The summed E-state index contributed by atoms with van der Waals surface area (Å²) < 4.78 is 50.8. The smallest absolute Gasteiger partial charge is 0.416 e. The van der Waals surface area contributed by atoms with E-state index in [-0.39, 0.29) is 29.0 Å². The number of hydrogen-bond donors (Lipinski definition) is 1. The second-order valence-corrected chi connectivity index (χ2v) is 7.90. The van der Waals surface area contributed by atoms with Gasteiger partial charge in [-0.15, -0.1) is 0 Å². The highest BCUT2D eigenvalue weighted by atomic mass is 19.4. The van der Waals surface area contributed by atoms with E-state index in [1.165, 1.54) is 36.4 Å². The van der Waals surface area contributed by atoms with Crippen LogP contribution in [0.15, 0.2) is 53.3 Å². The molecule has 2 amide bonds. The molecule has 1 fully saturated rings. The van der Waals surface area contributed by atoms with E-state index in [2.05, 4.69) is 10.4 Å². The molecule has 1 aliphatic heterocycles. The van der Waals surface area contributed by atoms with Crippen LogP contribution in [0.5, 0.6) is 5.75 Å². The maximum absolute atomic E-state index is 13.1. The van der Waals surface area contributed by atoms with E-state index in [0.717, 1.165) is 12.1 Å². The van der Waals surface area contributed by atoms with Crippen LogP contribution < -0.4 is 10.1 Å². The molecule has 0 saturated carbocycles. The summed E-state index contributed by atoms with van der Waals surface area (Å²) in [6, 6.07) is 8.17. The van der Waals surface area contributed by atoms with E-state index in [1.54, 1.807) is 17.0 Å². The molecule has 0 atom stereocenters. The van der Waals surface area contributed by atoms with Gasteiger partial charge in [-0.25, -0.2) is 4.68 Å². The molecule has 2 aromatic heterocycles. The Kier molecular flexibility index (Phi) is 6.62. The quantitative estimate of drug-likeness (QED) is 0.587. The van der Waals surface area contributed by atoms with Gasteiger partial charge in [0.25, 0.3) is 5.91 Å². The number of rotatable bonds is 6. The van der Waals surface area contributed by atoms with Crippen molar-refractivity contribution in [1.29, 1.82) is 0 Å². The van der Waals surface area contributed by atoms with Crippen molar-refractivity contribution in [2.75, 3.05) is 20.2 Å². The Labute approximate surface area is 193 Å². The van der Waals surface area contributed by atoms with Crippen LogP contribution in [0.4, 0.5) is 13.2 Å². The molecule has 34 heavy (non-hydrogen) atoms. The maximum atomic E-state index is 13.1. The third-order valence-electron chi connectivity index (χ3n) is 5.71. The van der Waals surface area contributed by atoms with Crippen molar-refractivity contribution in [3.8, 4) is 11.4 Å². The number of benzene rings is 1. The maximum Gasteiger partial charge on any atom is 0.416 e. The number of methoxy groups -OCH3 is 1. The van der Waals surface area contributed by atoms with Crippen LogP contribution in [0.1, 0.15) is 34.7 Å². The Bertz CT molecular complexity index is 1150. The molecule has 3 aromatic rings. The Balaban J connectivity index is 1.42. The molecule has 3 heterocycles. The average molecular weight is 476 g/mol. The number of halogens is 3. The zero-order valence-electron chi connectivity index (χ0n) is 18.3. The zero-order chi connectivity index (χ0) is 24.3. The molecule has 11 heteroatoms. The lowest BCUT2D eigenvalue weighted by atomic mass is 9.95. The predicted octanol–water partition coefficient (Wildman–Crippen LogP) is 3.66. The summed E-state index contributed by atoms with van der Waals surface area (Å²) in [7, 11) is 1.36. The highest BCUT2D eigenvalue weighted by molar-refractivity contribution is 5.95. The van der Waals surface area contributed by atoms with E-state index < -0.39 is 17.6 Å².